The summed E-state index contributed by atoms with van der Waals surface area (Å²) in [5, 5.41) is 2.99. The molecule has 3 nitrogen and oxygen atoms in total. The van der Waals surface area contributed by atoms with E-state index < -0.39 is 0 Å². The molecule has 0 aliphatic rings. The van der Waals surface area contributed by atoms with Gasteiger partial charge in [0, 0.05) is 17.2 Å². The second-order valence-corrected chi connectivity index (χ2v) is 5.04. The molecule has 3 heteroatoms. The van der Waals surface area contributed by atoms with Crippen LogP contribution in [-0.4, -0.2) is 18.5 Å². The van der Waals surface area contributed by atoms with Crippen LogP contribution in [0.15, 0.2) is 18.2 Å². The van der Waals surface area contributed by atoms with Gasteiger partial charge < -0.3 is 11.1 Å². The van der Waals surface area contributed by atoms with E-state index in [1.54, 1.807) is 0 Å². The average molecular weight is 258 g/mol. The van der Waals surface area contributed by atoms with Crippen molar-refractivity contribution in [2.75, 3.05) is 6.54 Å². The number of hydrogen-bond donors (Lipinski definition) is 2. The zero-order valence-electron chi connectivity index (χ0n) is 12.1. The normalized spacial score (nSPS) is 11.7. The molecule has 0 saturated heterocycles. The van der Waals surface area contributed by atoms with Gasteiger partial charge in [0.15, 0.2) is 0 Å². The molecule has 0 aliphatic carbocycles. The number of rotatable bonds is 3. The quantitative estimate of drug-likeness (QED) is 0.816. The van der Waals surface area contributed by atoms with Crippen LogP contribution in [0.25, 0.3) is 0 Å². The van der Waals surface area contributed by atoms with Crippen LogP contribution in [0.3, 0.4) is 0 Å². The number of nitrogens with one attached hydrogen (secondary N) is 1. The van der Waals surface area contributed by atoms with Crippen molar-refractivity contribution in [3.05, 3.63) is 34.9 Å². The maximum absolute atomic E-state index is 12.1. The minimum absolute atomic E-state index is 0.0583. The highest BCUT2D eigenvalue weighted by molar-refractivity contribution is 5.94. The van der Waals surface area contributed by atoms with Gasteiger partial charge in [-0.25, -0.2) is 0 Å². The van der Waals surface area contributed by atoms with Gasteiger partial charge in [-0.05, 0) is 37.5 Å². The first-order valence-electron chi connectivity index (χ1n) is 6.56. The highest BCUT2D eigenvalue weighted by Gasteiger charge is 2.13. The molecule has 0 aromatic heterocycles. The Morgan fingerprint density at radius 2 is 2.05 bits per heavy atom. The molecule has 1 aromatic carbocycles. The average Bonchev–Trinajstić information content (AvgIpc) is 2.37. The lowest BCUT2D eigenvalue weighted by Gasteiger charge is -2.17. The number of carbonyl (C=O) groups excluding carboxylic acids is 1. The molecule has 0 saturated carbocycles. The van der Waals surface area contributed by atoms with Gasteiger partial charge in [-0.3, -0.25) is 4.79 Å². The second kappa shape index (κ2) is 6.96. The lowest BCUT2D eigenvalue weighted by atomic mass is 10.0. The first kappa shape index (κ1) is 15.3. The van der Waals surface area contributed by atoms with Crippen molar-refractivity contribution < 1.29 is 4.79 Å². The summed E-state index contributed by atoms with van der Waals surface area (Å²) >= 11 is 0. The van der Waals surface area contributed by atoms with E-state index in [0.29, 0.717) is 18.0 Å². The third-order valence-electron chi connectivity index (χ3n) is 3.18. The zero-order chi connectivity index (χ0) is 14.4. The van der Waals surface area contributed by atoms with E-state index in [2.05, 4.69) is 31.0 Å². The third kappa shape index (κ3) is 4.42. The Kier molecular flexibility index (Phi) is 5.59. The Labute approximate surface area is 115 Å². The van der Waals surface area contributed by atoms with Crippen molar-refractivity contribution in [3.8, 4) is 11.8 Å². The monoisotopic (exact) mass is 258 g/mol. The van der Waals surface area contributed by atoms with Crippen LogP contribution < -0.4 is 11.1 Å². The molecule has 0 bridgehead atoms. The maximum atomic E-state index is 12.1. The first-order valence-corrected chi connectivity index (χ1v) is 6.56. The third-order valence-corrected chi connectivity index (χ3v) is 3.18. The van der Waals surface area contributed by atoms with Crippen molar-refractivity contribution in [3.63, 3.8) is 0 Å². The van der Waals surface area contributed by atoms with E-state index in [9.17, 15) is 4.79 Å². The van der Waals surface area contributed by atoms with Gasteiger partial charge in [0.2, 0.25) is 0 Å². The molecule has 102 valence electrons. The molecular weight excluding hydrogens is 236 g/mol. The fourth-order valence-electron chi connectivity index (χ4n) is 1.50. The minimum atomic E-state index is -0.0583. The number of carbonyl (C=O) groups is 1. The molecule has 3 N–H and O–H groups in total. The Bertz CT molecular complexity index is 509. The van der Waals surface area contributed by atoms with Crippen molar-refractivity contribution in [1.82, 2.24) is 5.32 Å². The zero-order valence-corrected chi connectivity index (χ0v) is 12.1. The minimum Gasteiger partial charge on any atom is -0.349 e. The molecular formula is C16H22N2O. The van der Waals surface area contributed by atoms with E-state index in [0.717, 1.165) is 11.1 Å². The number of aryl methyl sites for hydroxylation is 1. The Hall–Kier alpha value is -1.79. The van der Waals surface area contributed by atoms with E-state index in [1.165, 1.54) is 0 Å². The van der Waals surface area contributed by atoms with Crippen LogP contribution in [0.4, 0.5) is 0 Å². The molecule has 1 atom stereocenters. The van der Waals surface area contributed by atoms with Crippen LogP contribution in [0.2, 0.25) is 0 Å². The fourth-order valence-corrected chi connectivity index (χ4v) is 1.50. The van der Waals surface area contributed by atoms with Gasteiger partial charge in [-0.2, -0.15) is 0 Å². The molecule has 0 heterocycles. The number of hydrogen-bond acceptors (Lipinski definition) is 2. The smallest absolute Gasteiger partial charge is 0.251 e. The SMILES string of the molecule is Cc1ccc(C(=O)NC(C)C(C)C)cc1C#CCN. The Morgan fingerprint density at radius 3 is 2.63 bits per heavy atom. The van der Waals surface area contributed by atoms with Crippen LogP contribution in [0, 0.1) is 24.7 Å². The summed E-state index contributed by atoms with van der Waals surface area (Å²) in [5.74, 6) is 6.16. The summed E-state index contributed by atoms with van der Waals surface area (Å²) in [7, 11) is 0. The van der Waals surface area contributed by atoms with Gasteiger partial charge in [0.05, 0.1) is 6.54 Å². The molecule has 0 spiro atoms. The van der Waals surface area contributed by atoms with E-state index in [-0.39, 0.29) is 11.9 Å². The second-order valence-electron chi connectivity index (χ2n) is 5.04. The molecule has 19 heavy (non-hydrogen) atoms. The number of amides is 1. The maximum Gasteiger partial charge on any atom is 0.251 e. The van der Waals surface area contributed by atoms with Crippen molar-refractivity contribution in [2.45, 2.75) is 33.7 Å². The van der Waals surface area contributed by atoms with Crippen molar-refractivity contribution in [2.24, 2.45) is 11.7 Å². The van der Waals surface area contributed by atoms with Gasteiger partial charge in [0.1, 0.15) is 0 Å². The Balaban J connectivity index is 2.92. The van der Waals surface area contributed by atoms with Gasteiger partial charge >= 0.3 is 0 Å². The van der Waals surface area contributed by atoms with Crippen molar-refractivity contribution >= 4 is 5.91 Å². The van der Waals surface area contributed by atoms with Crippen molar-refractivity contribution in [1.29, 1.82) is 0 Å². The predicted octanol–water partition coefficient (Wildman–Crippen LogP) is 2.08. The molecule has 1 unspecified atom stereocenters. The molecule has 1 rings (SSSR count). The summed E-state index contributed by atoms with van der Waals surface area (Å²) in [6, 6.07) is 5.70. The number of nitrogens with two attached hydrogens (primary N) is 1. The largest absolute Gasteiger partial charge is 0.349 e. The van der Waals surface area contributed by atoms with E-state index in [1.807, 2.05) is 32.0 Å². The predicted molar refractivity (Wildman–Crippen MR) is 78.9 cm³/mol. The molecule has 1 aromatic rings. The topological polar surface area (TPSA) is 55.1 Å². The summed E-state index contributed by atoms with van der Waals surface area (Å²) in [6.07, 6.45) is 0. The molecule has 0 radical (unpaired) electrons. The molecule has 1 amide bonds. The van der Waals surface area contributed by atoms with Crippen LogP contribution in [0.5, 0.6) is 0 Å². The summed E-state index contributed by atoms with van der Waals surface area (Å²) < 4.78 is 0. The van der Waals surface area contributed by atoms with Gasteiger partial charge in [0.25, 0.3) is 5.91 Å². The lowest BCUT2D eigenvalue weighted by molar-refractivity contribution is 0.0930. The summed E-state index contributed by atoms with van der Waals surface area (Å²) in [6.45, 7) is 8.46. The summed E-state index contributed by atoms with van der Waals surface area (Å²) in [4.78, 5) is 12.1. The van der Waals surface area contributed by atoms with E-state index >= 15 is 0 Å². The van der Waals surface area contributed by atoms with Crippen LogP contribution in [0.1, 0.15) is 42.3 Å². The first-order chi connectivity index (χ1) is 8.95. The number of benzene rings is 1. The Morgan fingerprint density at radius 1 is 1.37 bits per heavy atom. The molecule has 0 aliphatic heterocycles. The van der Waals surface area contributed by atoms with Crippen LogP contribution in [-0.2, 0) is 0 Å². The lowest BCUT2D eigenvalue weighted by Crippen LogP contribution is -2.36. The van der Waals surface area contributed by atoms with Crippen LogP contribution >= 0.6 is 0 Å². The standard InChI is InChI=1S/C16H22N2O/c1-11(2)13(4)18-16(19)15-8-7-12(3)14(10-15)6-5-9-17/h7-8,10-11,13H,9,17H2,1-4H3,(H,18,19). The highest BCUT2D eigenvalue weighted by atomic mass is 16.1. The van der Waals surface area contributed by atoms with Gasteiger partial charge in [-0.1, -0.05) is 31.8 Å². The fraction of sp³-hybridized carbons (Fsp3) is 0.438. The summed E-state index contributed by atoms with van der Waals surface area (Å²) in [5.41, 5.74) is 7.92. The highest BCUT2D eigenvalue weighted by Crippen LogP contribution is 2.11. The molecule has 0 fully saturated rings. The van der Waals surface area contributed by atoms with Gasteiger partial charge in [-0.15, -0.1) is 0 Å². The van der Waals surface area contributed by atoms with E-state index in [4.69, 9.17) is 5.73 Å².